The molecule has 2 atom stereocenters. The highest BCUT2D eigenvalue weighted by molar-refractivity contribution is 5.71. The van der Waals surface area contributed by atoms with Crippen LogP contribution in [0.5, 0.6) is 0 Å². The molecule has 1 saturated carbocycles. The van der Waals surface area contributed by atoms with Crippen molar-refractivity contribution in [2.75, 3.05) is 13.1 Å². The average Bonchev–Trinajstić information content (AvgIpc) is 3.02. The molecule has 1 saturated heterocycles. The lowest BCUT2D eigenvalue weighted by molar-refractivity contribution is -0.142. The number of likely N-dealkylation sites (tertiary alicyclic amines) is 1. The first-order chi connectivity index (χ1) is 9.67. The predicted octanol–water partition coefficient (Wildman–Crippen LogP) is 2.77. The van der Waals surface area contributed by atoms with Crippen LogP contribution in [0.25, 0.3) is 0 Å². The fourth-order valence-corrected chi connectivity index (χ4v) is 3.41. The van der Waals surface area contributed by atoms with Crippen molar-refractivity contribution in [3.63, 3.8) is 0 Å². The highest BCUT2D eigenvalue weighted by Gasteiger charge is 2.45. The smallest absolute Gasteiger partial charge is 0.308 e. The summed E-state index contributed by atoms with van der Waals surface area (Å²) in [5.74, 6) is 2.18. The summed E-state index contributed by atoms with van der Waals surface area (Å²) in [6.45, 7) is 4.46. The Balaban J connectivity index is 1.61. The number of carboxylic acids is 1. The van der Waals surface area contributed by atoms with Gasteiger partial charge in [0.25, 0.3) is 0 Å². The van der Waals surface area contributed by atoms with Crippen LogP contribution in [0.15, 0.2) is 16.5 Å². The molecule has 0 aromatic carbocycles. The van der Waals surface area contributed by atoms with Gasteiger partial charge in [0.1, 0.15) is 11.5 Å². The van der Waals surface area contributed by atoms with Crippen molar-refractivity contribution in [3.8, 4) is 0 Å². The molecular weight excluding hydrogens is 254 g/mol. The van der Waals surface area contributed by atoms with Gasteiger partial charge in [-0.1, -0.05) is 6.92 Å². The minimum absolute atomic E-state index is 0.187. The molecule has 0 spiro atoms. The second-order valence-corrected chi connectivity index (χ2v) is 6.26. The minimum atomic E-state index is -0.629. The summed E-state index contributed by atoms with van der Waals surface area (Å²) in [6.07, 6.45) is 4.48. The van der Waals surface area contributed by atoms with Crippen LogP contribution in [0.4, 0.5) is 0 Å². The van der Waals surface area contributed by atoms with Gasteiger partial charge in [0.05, 0.1) is 12.5 Å². The lowest BCUT2D eigenvalue weighted by Gasteiger charge is -2.13. The number of rotatable bonds is 6. The number of carboxylic acid groups (broad SMARTS) is 1. The number of furan rings is 1. The largest absolute Gasteiger partial charge is 0.481 e. The summed E-state index contributed by atoms with van der Waals surface area (Å²) < 4.78 is 5.80. The van der Waals surface area contributed by atoms with Crippen LogP contribution in [-0.4, -0.2) is 29.1 Å². The Kier molecular flexibility index (Phi) is 3.83. The SMILES string of the molecule is CCCc1ccc(CN2C[C@H](C(=O)O)[C@@H](C3CC3)C2)o1. The quantitative estimate of drug-likeness (QED) is 0.868. The van der Waals surface area contributed by atoms with E-state index in [9.17, 15) is 9.90 Å². The lowest BCUT2D eigenvalue weighted by Crippen LogP contribution is -2.24. The highest BCUT2D eigenvalue weighted by atomic mass is 16.4. The van der Waals surface area contributed by atoms with Crippen LogP contribution in [0, 0.1) is 17.8 Å². The second-order valence-electron chi connectivity index (χ2n) is 6.26. The minimum Gasteiger partial charge on any atom is -0.481 e. The zero-order chi connectivity index (χ0) is 14.1. The molecule has 1 aromatic rings. The molecule has 2 fully saturated rings. The molecule has 4 nitrogen and oxygen atoms in total. The van der Waals surface area contributed by atoms with Gasteiger partial charge in [-0.3, -0.25) is 9.69 Å². The maximum Gasteiger partial charge on any atom is 0.308 e. The van der Waals surface area contributed by atoms with Crippen molar-refractivity contribution in [1.82, 2.24) is 4.90 Å². The Hall–Kier alpha value is -1.29. The molecule has 4 heteroatoms. The van der Waals surface area contributed by atoms with Crippen molar-refractivity contribution in [2.45, 2.75) is 39.2 Å². The molecular formula is C16H23NO3. The van der Waals surface area contributed by atoms with Crippen LogP contribution in [0.2, 0.25) is 0 Å². The Morgan fingerprint density at radius 1 is 1.35 bits per heavy atom. The number of hydrogen-bond acceptors (Lipinski definition) is 3. The summed E-state index contributed by atoms with van der Waals surface area (Å²) in [6, 6.07) is 4.08. The van der Waals surface area contributed by atoms with Crippen LogP contribution in [0.1, 0.15) is 37.7 Å². The van der Waals surface area contributed by atoms with Gasteiger partial charge in [-0.2, -0.15) is 0 Å². The topological polar surface area (TPSA) is 53.7 Å². The third-order valence-corrected chi connectivity index (χ3v) is 4.58. The molecule has 1 aromatic heterocycles. The van der Waals surface area contributed by atoms with Gasteiger partial charge in [-0.15, -0.1) is 0 Å². The summed E-state index contributed by atoms with van der Waals surface area (Å²) in [5.41, 5.74) is 0. The monoisotopic (exact) mass is 277 g/mol. The fourth-order valence-electron chi connectivity index (χ4n) is 3.41. The first-order valence-electron chi connectivity index (χ1n) is 7.70. The van der Waals surface area contributed by atoms with Crippen molar-refractivity contribution >= 4 is 5.97 Å². The van der Waals surface area contributed by atoms with Gasteiger partial charge in [-0.25, -0.2) is 0 Å². The first-order valence-corrected chi connectivity index (χ1v) is 7.70. The van der Waals surface area contributed by atoms with Gasteiger partial charge in [0.2, 0.25) is 0 Å². The molecule has 0 bridgehead atoms. The maximum atomic E-state index is 11.4. The van der Waals surface area contributed by atoms with Gasteiger partial charge >= 0.3 is 5.97 Å². The summed E-state index contributed by atoms with van der Waals surface area (Å²) in [5, 5.41) is 9.37. The van der Waals surface area contributed by atoms with E-state index in [0.29, 0.717) is 18.4 Å². The molecule has 1 aliphatic carbocycles. The third-order valence-electron chi connectivity index (χ3n) is 4.58. The standard InChI is InChI=1S/C16H23NO3/c1-2-3-12-6-7-13(20-12)8-17-9-14(11-4-5-11)15(10-17)16(18)19/h6-7,11,14-15H,2-5,8-10H2,1H3,(H,18,19)/t14-,15+/m1/s1. The molecule has 3 rings (SSSR count). The van der Waals surface area contributed by atoms with E-state index in [2.05, 4.69) is 11.8 Å². The zero-order valence-electron chi connectivity index (χ0n) is 12.0. The number of aliphatic carboxylic acids is 1. The van der Waals surface area contributed by atoms with Crippen molar-refractivity contribution in [2.24, 2.45) is 17.8 Å². The Labute approximate surface area is 119 Å². The van der Waals surface area contributed by atoms with Crippen molar-refractivity contribution in [3.05, 3.63) is 23.7 Å². The normalized spacial score (nSPS) is 27.1. The molecule has 110 valence electrons. The summed E-state index contributed by atoms with van der Waals surface area (Å²) >= 11 is 0. The Bertz CT molecular complexity index is 478. The Morgan fingerprint density at radius 3 is 2.75 bits per heavy atom. The van der Waals surface area contributed by atoms with Gasteiger partial charge in [0.15, 0.2) is 0 Å². The molecule has 0 amide bonds. The van der Waals surface area contributed by atoms with E-state index in [1.807, 2.05) is 12.1 Å². The van der Waals surface area contributed by atoms with Crippen molar-refractivity contribution in [1.29, 1.82) is 0 Å². The number of aryl methyl sites for hydroxylation is 1. The van der Waals surface area contributed by atoms with E-state index in [0.717, 1.165) is 37.5 Å². The van der Waals surface area contributed by atoms with Crippen LogP contribution < -0.4 is 0 Å². The molecule has 0 radical (unpaired) electrons. The van der Waals surface area contributed by atoms with E-state index in [-0.39, 0.29) is 5.92 Å². The van der Waals surface area contributed by atoms with Crippen LogP contribution >= 0.6 is 0 Å². The van der Waals surface area contributed by atoms with E-state index in [1.54, 1.807) is 0 Å². The fraction of sp³-hybridized carbons (Fsp3) is 0.688. The van der Waals surface area contributed by atoms with E-state index >= 15 is 0 Å². The number of carbonyl (C=O) groups is 1. The predicted molar refractivity (Wildman–Crippen MR) is 75.3 cm³/mol. The molecule has 2 heterocycles. The summed E-state index contributed by atoms with van der Waals surface area (Å²) in [4.78, 5) is 13.6. The van der Waals surface area contributed by atoms with Gasteiger partial charge in [-0.05, 0) is 43.2 Å². The lowest BCUT2D eigenvalue weighted by atomic mass is 9.92. The summed E-state index contributed by atoms with van der Waals surface area (Å²) in [7, 11) is 0. The Morgan fingerprint density at radius 2 is 2.10 bits per heavy atom. The second kappa shape index (κ2) is 5.60. The van der Waals surface area contributed by atoms with Crippen LogP contribution in [-0.2, 0) is 17.8 Å². The van der Waals surface area contributed by atoms with Gasteiger partial charge in [0, 0.05) is 19.5 Å². The average molecular weight is 277 g/mol. The van der Waals surface area contributed by atoms with Gasteiger partial charge < -0.3 is 9.52 Å². The number of hydrogen-bond donors (Lipinski definition) is 1. The van der Waals surface area contributed by atoms with E-state index in [4.69, 9.17) is 4.42 Å². The molecule has 2 aliphatic rings. The number of nitrogens with zero attached hydrogens (tertiary/aromatic N) is 1. The first kappa shape index (κ1) is 13.7. The molecule has 0 unspecified atom stereocenters. The highest BCUT2D eigenvalue weighted by Crippen LogP contribution is 2.44. The van der Waals surface area contributed by atoms with Crippen molar-refractivity contribution < 1.29 is 14.3 Å². The molecule has 20 heavy (non-hydrogen) atoms. The third kappa shape index (κ3) is 2.90. The maximum absolute atomic E-state index is 11.4. The van der Waals surface area contributed by atoms with Crippen LogP contribution in [0.3, 0.4) is 0 Å². The van der Waals surface area contributed by atoms with E-state index in [1.165, 1.54) is 12.8 Å². The van der Waals surface area contributed by atoms with E-state index < -0.39 is 5.97 Å². The molecule has 1 aliphatic heterocycles. The zero-order valence-corrected chi connectivity index (χ0v) is 12.0. The molecule has 1 N–H and O–H groups in total.